The molecular formula is C19H18F3N7S. The quantitative estimate of drug-likeness (QED) is 0.495. The van der Waals surface area contributed by atoms with Crippen LogP contribution in [0.25, 0.3) is 15.9 Å². The molecule has 4 aromatic heterocycles. The topological polar surface area (TPSA) is 64.1 Å². The number of aromatic nitrogens is 6. The Morgan fingerprint density at radius 2 is 2.07 bits per heavy atom. The number of hydrogen-bond donors (Lipinski definition) is 0. The Hall–Kier alpha value is -2.53. The summed E-state index contributed by atoms with van der Waals surface area (Å²) in [6, 6.07) is 1.17. The van der Waals surface area contributed by atoms with Crippen molar-refractivity contribution in [2.75, 3.05) is 13.6 Å². The Balaban J connectivity index is 1.43. The van der Waals surface area contributed by atoms with Crippen LogP contribution < -0.4 is 0 Å². The average Bonchev–Trinajstić information content (AvgIpc) is 3.14. The van der Waals surface area contributed by atoms with Gasteiger partial charge in [0, 0.05) is 29.6 Å². The van der Waals surface area contributed by atoms with Crippen LogP contribution in [0.3, 0.4) is 0 Å². The Bertz CT molecular complexity index is 1280. The van der Waals surface area contributed by atoms with Crippen LogP contribution in [-0.4, -0.2) is 47.9 Å². The van der Waals surface area contributed by atoms with E-state index >= 15 is 0 Å². The van der Waals surface area contributed by atoms with E-state index in [1.165, 1.54) is 21.2 Å². The van der Waals surface area contributed by atoms with Crippen LogP contribution in [0.4, 0.5) is 13.2 Å². The van der Waals surface area contributed by atoms with E-state index < -0.39 is 11.9 Å². The van der Waals surface area contributed by atoms with Crippen molar-refractivity contribution in [1.82, 2.24) is 34.3 Å². The first-order valence-corrected chi connectivity index (χ1v) is 10.7. The van der Waals surface area contributed by atoms with E-state index in [2.05, 4.69) is 27.1 Å². The molecule has 0 saturated heterocycles. The van der Waals surface area contributed by atoms with Gasteiger partial charge in [-0.05, 0) is 37.9 Å². The predicted octanol–water partition coefficient (Wildman–Crippen LogP) is 3.47. The van der Waals surface area contributed by atoms with Crippen molar-refractivity contribution in [3.05, 3.63) is 40.0 Å². The van der Waals surface area contributed by atoms with Gasteiger partial charge in [0.1, 0.15) is 17.7 Å². The average molecular weight is 433 g/mol. The van der Waals surface area contributed by atoms with Crippen LogP contribution in [0.15, 0.2) is 12.4 Å². The largest absolute Gasteiger partial charge is 0.435 e. The summed E-state index contributed by atoms with van der Waals surface area (Å²) in [5, 5.41) is 9.33. The molecule has 5 heterocycles. The first-order valence-electron chi connectivity index (χ1n) is 9.85. The lowest BCUT2D eigenvalue weighted by atomic mass is 10.1. The Kier molecular flexibility index (Phi) is 3.80. The maximum atomic E-state index is 13.2. The molecule has 0 spiro atoms. The Labute approximate surface area is 173 Å². The van der Waals surface area contributed by atoms with Crippen molar-refractivity contribution in [2.24, 2.45) is 0 Å². The summed E-state index contributed by atoms with van der Waals surface area (Å²) in [6.45, 7) is 1.97. The number of thiophene rings is 1. The van der Waals surface area contributed by atoms with Gasteiger partial charge < -0.3 is 4.90 Å². The molecule has 0 radical (unpaired) electrons. The van der Waals surface area contributed by atoms with Crippen molar-refractivity contribution in [3.8, 4) is 0 Å². The van der Waals surface area contributed by atoms with E-state index in [1.54, 1.807) is 22.2 Å². The molecule has 7 nitrogen and oxygen atoms in total. The summed E-state index contributed by atoms with van der Waals surface area (Å²) >= 11 is 1.68. The van der Waals surface area contributed by atoms with Gasteiger partial charge in [-0.2, -0.15) is 18.3 Å². The van der Waals surface area contributed by atoms with Crippen LogP contribution in [0.2, 0.25) is 0 Å². The van der Waals surface area contributed by atoms with Gasteiger partial charge in [-0.15, -0.1) is 16.4 Å². The lowest BCUT2D eigenvalue weighted by molar-refractivity contribution is -0.141. The highest BCUT2D eigenvalue weighted by atomic mass is 32.1. The second-order valence-corrected chi connectivity index (χ2v) is 9.18. The zero-order valence-electron chi connectivity index (χ0n) is 16.1. The number of rotatable bonds is 3. The zero-order chi connectivity index (χ0) is 20.6. The van der Waals surface area contributed by atoms with Crippen molar-refractivity contribution >= 4 is 27.2 Å². The van der Waals surface area contributed by atoms with Crippen LogP contribution in [0.5, 0.6) is 0 Å². The SMILES string of the molecule is CN1CCc2c(sc3ncn4nc(Cn5nc(C(F)(F)F)cc5C5CC5)nc4c23)C1. The van der Waals surface area contributed by atoms with Crippen molar-refractivity contribution in [1.29, 1.82) is 0 Å². The van der Waals surface area contributed by atoms with Crippen LogP contribution >= 0.6 is 11.3 Å². The van der Waals surface area contributed by atoms with Gasteiger partial charge in [-0.25, -0.2) is 14.5 Å². The van der Waals surface area contributed by atoms with Crippen molar-refractivity contribution < 1.29 is 13.2 Å². The van der Waals surface area contributed by atoms with Crippen LogP contribution in [-0.2, 0) is 25.7 Å². The molecule has 156 valence electrons. The van der Waals surface area contributed by atoms with E-state index in [0.29, 0.717) is 17.2 Å². The monoisotopic (exact) mass is 433 g/mol. The molecule has 1 fully saturated rings. The number of halogens is 3. The Morgan fingerprint density at radius 1 is 1.23 bits per heavy atom. The molecule has 1 aliphatic carbocycles. The third-order valence-electron chi connectivity index (χ3n) is 5.80. The number of hydrogen-bond acceptors (Lipinski definition) is 6. The summed E-state index contributed by atoms with van der Waals surface area (Å²) in [4.78, 5) is 13.7. The Morgan fingerprint density at radius 3 is 2.83 bits per heavy atom. The second kappa shape index (κ2) is 6.24. The first kappa shape index (κ1) is 18.3. The summed E-state index contributed by atoms with van der Waals surface area (Å²) in [6.07, 6.45) is -0.120. The minimum atomic E-state index is -4.46. The molecule has 2 aliphatic rings. The summed E-state index contributed by atoms with van der Waals surface area (Å²) in [5.74, 6) is 0.579. The number of fused-ring (bicyclic) bond motifs is 5. The molecule has 0 unspecified atom stereocenters. The maximum absolute atomic E-state index is 13.2. The number of alkyl halides is 3. The molecule has 4 aromatic rings. The summed E-state index contributed by atoms with van der Waals surface area (Å²) < 4.78 is 42.6. The standard InChI is InChI=1S/C19H18F3N7S/c1-27-5-4-11-13(7-27)30-18-16(11)17-24-15(26-29(17)9-23-18)8-28-12(10-2-3-10)6-14(25-28)19(20,21)22/h6,9-10H,2-5,7-8H2,1H3. The normalized spacial score (nSPS) is 17.9. The van der Waals surface area contributed by atoms with E-state index in [9.17, 15) is 13.2 Å². The lowest BCUT2D eigenvalue weighted by Gasteiger charge is -2.21. The van der Waals surface area contributed by atoms with Gasteiger partial charge >= 0.3 is 6.18 Å². The second-order valence-electron chi connectivity index (χ2n) is 8.10. The molecule has 0 aromatic carbocycles. The molecule has 0 bridgehead atoms. The molecule has 6 rings (SSSR count). The minimum absolute atomic E-state index is 0.111. The fraction of sp³-hybridized carbons (Fsp3) is 0.474. The molecule has 1 aliphatic heterocycles. The smallest absolute Gasteiger partial charge is 0.301 e. The highest BCUT2D eigenvalue weighted by molar-refractivity contribution is 7.19. The highest BCUT2D eigenvalue weighted by Crippen LogP contribution is 2.42. The van der Waals surface area contributed by atoms with E-state index in [1.807, 2.05) is 0 Å². The lowest BCUT2D eigenvalue weighted by Crippen LogP contribution is -2.25. The van der Waals surface area contributed by atoms with Gasteiger partial charge in [0.2, 0.25) is 0 Å². The number of likely N-dealkylation sites (N-methyl/N-ethyl adjacent to an activating group) is 1. The summed E-state index contributed by atoms with van der Waals surface area (Å²) in [7, 11) is 2.10. The van der Waals surface area contributed by atoms with E-state index in [0.717, 1.165) is 42.6 Å². The van der Waals surface area contributed by atoms with Gasteiger partial charge in [0.25, 0.3) is 0 Å². The van der Waals surface area contributed by atoms with E-state index in [4.69, 9.17) is 4.98 Å². The van der Waals surface area contributed by atoms with Crippen molar-refractivity contribution in [2.45, 2.75) is 44.4 Å². The molecule has 0 N–H and O–H groups in total. The van der Waals surface area contributed by atoms with Crippen molar-refractivity contribution in [3.63, 3.8) is 0 Å². The van der Waals surface area contributed by atoms with Crippen LogP contribution in [0.1, 0.15) is 46.4 Å². The molecule has 0 atom stereocenters. The van der Waals surface area contributed by atoms with Gasteiger partial charge in [-0.1, -0.05) is 0 Å². The predicted molar refractivity (Wildman–Crippen MR) is 105 cm³/mol. The van der Waals surface area contributed by atoms with Crippen LogP contribution in [0, 0.1) is 0 Å². The molecule has 1 saturated carbocycles. The molecular weight excluding hydrogens is 415 g/mol. The molecule has 0 amide bonds. The fourth-order valence-electron chi connectivity index (χ4n) is 4.17. The van der Waals surface area contributed by atoms with E-state index in [-0.39, 0.29) is 12.5 Å². The zero-order valence-corrected chi connectivity index (χ0v) is 17.0. The maximum Gasteiger partial charge on any atom is 0.435 e. The highest BCUT2D eigenvalue weighted by Gasteiger charge is 2.38. The molecule has 11 heteroatoms. The van der Waals surface area contributed by atoms with Gasteiger partial charge in [-0.3, -0.25) is 4.68 Å². The molecule has 30 heavy (non-hydrogen) atoms. The fourth-order valence-corrected chi connectivity index (χ4v) is 5.43. The third kappa shape index (κ3) is 2.90. The first-order chi connectivity index (χ1) is 14.4. The minimum Gasteiger partial charge on any atom is -0.301 e. The third-order valence-corrected chi connectivity index (χ3v) is 6.93. The van der Waals surface area contributed by atoms with Gasteiger partial charge in [0.15, 0.2) is 17.2 Å². The number of nitrogens with zero attached hydrogens (tertiary/aromatic N) is 7. The van der Waals surface area contributed by atoms with Gasteiger partial charge in [0.05, 0.1) is 5.39 Å². The summed E-state index contributed by atoms with van der Waals surface area (Å²) in [5.41, 5.74) is 1.74.